The molecule has 3 N–H and O–H groups in total. The van der Waals surface area contributed by atoms with Crippen LogP contribution in [0.25, 0.3) is 0 Å². The number of anilines is 1. The van der Waals surface area contributed by atoms with Gasteiger partial charge < -0.3 is 25.4 Å². The Labute approximate surface area is 196 Å². The van der Waals surface area contributed by atoms with E-state index < -0.39 is 29.9 Å². The first kappa shape index (κ1) is 23.1. The van der Waals surface area contributed by atoms with Gasteiger partial charge in [-0.3, -0.25) is 19.3 Å². The van der Waals surface area contributed by atoms with E-state index in [2.05, 4.69) is 16.0 Å². The monoisotopic (exact) mass is 466 g/mol. The predicted molar refractivity (Wildman–Crippen MR) is 123 cm³/mol. The van der Waals surface area contributed by atoms with Crippen molar-refractivity contribution in [1.82, 2.24) is 15.5 Å². The zero-order valence-electron chi connectivity index (χ0n) is 19.0. The van der Waals surface area contributed by atoms with E-state index in [1.54, 1.807) is 43.3 Å². The van der Waals surface area contributed by atoms with Gasteiger partial charge in [-0.25, -0.2) is 4.79 Å². The van der Waals surface area contributed by atoms with Gasteiger partial charge in [0.1, 0.15) is 12.1 Å². The number of rotatable bonds is 6. The van der Waals surface area contributed by atoms with E-state index in [1.807, 2.05) is 6.92 Å². The zero-order valence-corrected chi connectivity index (χ0v) is 19.0. The summed E-state index contributed by atoms with van der Waals surface area (Å²) >= 11 is 0. The standard InChI is InChI=1S/C24H26N4O6/c1-3-25-21(30)15-6-4-7-17(12-15)26-20(29)14-28-22(31)24(2,27-23(28)32)16-8-9-18-19(13-16)34-11-5-10-33-18/h4,6-9,12-13H,3,5,10-11,14H2,1-2H3,(H,25,30)(H,26,29)(H,27,32). The van der Waals surface area contributed by atoms with Crippen molar-refractivity contribution in [2.45, 2.75) is 25.8 Å². The quantitative estimate of drug-likeness (QED) is 0.559. The zero-order chi connectivity index (χ0) is 24.3. The molecule has 0 saturated carbocycles. The normalized spacial score (nSPS) is 19.3. The highest BCUT2D eigenvalue weighted by molar-refractivity contribution is 6.10. The molecular formula is C24H26N4O6. The number of carbonyl (C=O) groups excluding carboxylic acids is 4. The van der Waals surface area contributed by atoms with E-state index in [-0.39, 0.29) is 5.91 Å². The molecule has 2 aromatic rings. The molecule has 1 unspecified atom stereocenters. The van der Waals surface area contributed by atoms with Crippen molar-refractivity contribution in [1.29, 1.82) is 0 Å². The molecule has 1 atom stereocenters. The summed E-state index contributed by atoms with van der Waals surface area (Å²) in [5, 5.41) is 8.00. The van der Waals surface area contributed by atoms with Crippen molar-refractivity contribution < 1.29 is 28.7 Å². The molecule has 0 spiro atoms. The molecule has 34 heavy (non-hydrogen) atoms. The molecule has 0 bridgehead atoms. The van der Waals surface area contributed by atoms with Crippen molar-refractivity contribution >= 4 is 29.4 Å². The van der Waals surface area contributed by atoms with E-state index in [4.69, 9.17) is 9.47 Å². The van der Waals surface area contributed by atoms with Crippen LogP contribution in [0.5, 0.6) is 11.5 Å². The molecule has 0 aliphatic carbocycles. The van der Waals surface area contributed by atoms with Crippen LogP contribution in [0.3, 0.4) is 0 Å². The van der Waals surface area contributed by atoms with Crippen molar-refractivity contribution in [3.8, 4) is 11.5 Å². The van der Waals surface area contributed by atoms with Gasteiger partial charge in [-0.15, -0.1) is 0 Å². The van der Waals surface area contributed by atoms with Crippen molar-refractivity contribution in [3.63, 3.8) is 0 Å². The third-order valence-electron chi connectivity index (χ3n) is 5.65. The van der Waals surface area contributed by atoms with Gasteiger partial charge >= 0.3 is 6.03 Å². The Hall–Kier alpha value is -4.08. The molecule has 2 heterocycles. The number of fused-ring (bicyclic) bond motifs is 1. The van der Waals surface area contributed by atoms with Crippen LogP contribution < -0.4 is 25.4 Å². The van der Waals surface area contributed by atoms with E-state index in [0.29, 0.717) is 48.1 Å². The van der Waals surface area contributed by atoms with Gasteiger partial charge in [0.05, 0.1) is 13.2 Å². The Morgan fingerprint density at radius 1 is 1.09 bits per heavy atom. The first-order valence-electron chi connectivity index (χ1n) is 11.0. The number of amides is 5. The molecule has 2 aliphatic rings. The Kier molecular flexibility index (Phi) is 6.40. The van der Waals surface area contributed by atoms with E-state index in [9.17, 15) is 19.2 Å². The fourth-order valence-electron chi connectivity index (χ4n) is 3.86. The highest BCUT2D eigenvalue weighted by Gasteiger charge is 2.49. The summed E-state index contributed by atoms with van der Waals surface area (Å²) in [7, 11) is 0. The third kappa shape index (κ3) is 4.52. The molecule has 5 amide bonds. The van der Waals surface area contributed by atoms with Crippen molar-refractivity contribution in [3.05, 3.63) is 53.6 Å². The highest BCUT2D eigenvalue weighted by atomic mass is 16.5. The summed E-state index contributed by atoms with van der Waals surface area (Å²) in [4.78, 5) is 51.3. The Bertz CT molecular complexity index is 1150. The van der Waals surface area contributed by atoms with Crippen LogP contribution in [0.4, 0.5) is 10.5 Å². The van der Waals surface area contributed by atoms with Gasteiger partial charge in [0.25, 0.3) is 11.8 Å². The van der Waals surface area contributed by atoms with Crippen LogP contribution in [0.15, 0.2) is 42.5 Å². The lowest BCUT2D eigenvalue weighted by molar-refractivity contribution is -0.133. The van der Waals surface area contributed by atoms with Gasteiger partial charge in [-0.1, -0.05) is 12.1 Å². The molecule has 10 nitrogen and oxygen atoms in total. The lowest BCUT2D eigenvalue weighted by atomic mass is 9.91. The predicted octanol–water partition coefficient (Wildman–Crippen LogP) is 2.00. The topological polar surface area (TPSA) is 126 Å². The fraction of sp³-hybridized carbons (Fsp3) is 0.333. The Morgan fingerprint density at radius 2 is 1.85 bits per heavy atom. The summed E-state index contributed by atoms with van der Waals surface area (Å²) in [5.74, 6) is -0.314. The third-order valence-corrected chi connectivity index (χ3v) is 5.65. The van der Waals surface area contributed by atoms with Crippen molar-refractivity contribution in [2.75, 3.05) is 31.6 Å². The molecule has 2 aromatic carbocycles. The number of carbonyl (C=O) groups is 4. The minimum absolute atomic E-state index is 0.265. The largest absolute Gasteiger partial charge is 0.490 e. The molecule has 1 fully saturated rings. The minimum atomic E-state index is -1.36. The maximum absolute atomic E-state index is 13.2. The number of nitrogens with one attached hydrogen (secondary N) is 3. The second-order valence-electron chi connectivity index (χ2n) is 8.15. The van der Waals surface area contributed by atoms with Gasteiger partial charge in [-0.2, -0.15) is 0 Å². The minimum Gasteiger partial charge on any atom is -0.490 e. The average Bonchev–Trinajstić information content (AvgIpc) is 2.98. The van der Waals surface area contributed by atoms with E-state index in [1.165, 1.54) is 6.07 Å². The number of nitrogens with zero attached hydrogens (tertiary/aromatic N) is 1. The van der Waals surface area contributed by atoms with Gasteiger partial charge in [0.2, 0.25) is 5.91 Å². The summed E-state index contributed by atoms with van der Waals surface area (Å²) in [6, 6.07) is 10.8. The first-order chi connectivity index (χ1) is 16.3. The average molecular weight is 466 g/mol. The van der Waals surface area contributed by atoms with Gasteiger partial charge in [0, 0.05) is 24.2 Å². The lowest BCUT2D eigenvalue weighted by Gasteiger charge is -2.23. The summed E-state index contributed by atoms with van der Waals surface area (Å²) in [5.41, 5.74) is -0.0732. The Balaban J connectivity index is 1.47. The van der Waals surface area contributed by atoms with Gasteiger partial charge in [0.15, 0.2) is 11.5 Å². The molecule has 2 aliphatic heterocycles. The molecule has 0 aromatic heterocycles. The second kappa shape index (κ2) is 9.42. The number of ether oxygens (including phenoxy) is 2. The van der Waals surface area contributed by atoms with Crippen LogP contribution >= 0.6 is 0 Å². The molecular weight excluding hydrogens is 440 g/mol. The second-order valence-corrected chi connectivity index (χ2v) is 8.15. The number of hydrogen-bond acceptors (Lipinski definition) is 6. The fourth-order valence-corrected chi connectivity index (χ4v) is 3.86. The van der Waals surface area contributed by atoms with Crippen LogP contribution in [-0.4, -0.2) is 55.0 Å². The summed E-state index contributed by atoms with van der Waals surface area (Å²) in [6.07, 6.45) is 0.742. The smallest absolute Gasteiger partial charge is 0.325 e. The molecule has 0 radical (unpaired) electrons. The number of benzene rings is 2. The maximum Gasteiger partial charge on any atom is 0.325 e. The number of urea groups is 1. The summed E-state index contributed by atoms with van der Waals surface area (Å²) < 4.78 is 11.3. The first-order valence-corrected chi connectivity index (χ1v) is 11.0. The van der Waals surface area contributed by atoms with Crippen LogP contribution in [0, 0.1) is 0 Å². The Morgan fingerprint density at radius 3 is 2.62 bits per heavy atom. The number of hydrogen-bond donors (Lipinski definition) is 3. The molecule has 178 valence electrons. The lowest BCUT2D eigenvalue weighted by Crippen LogP contribution is -2.42. The molecule has 10 heteroatoms. The number of imide groups is 1. The highest BCUT2D eigenvalue weighted by Crippen LogP contribution is 2.36. The van der Waals surface area contributed by atoms with Crippen molar-refractivity contribution in [2.24, 2.45) is 0 Å². The van der Waals surface area contributed by atoms with Crippen LogP contribution in [0.1, 0.15) is 36.2 Å². The van der Waals surface area contributed by atoms with E-state index in [0.717, 1.165) is 11.3 Å². The summed E-state index contributed by atoms with van der Waals surface area (Å²) in [6.45, 7) is 4.41. The van der Waals surface area contributed by atoms with Crippen LogP contribution in [-0.2, 0) is 15.1 Å². The molecule has 4 rings (SSSR count). The SMILES string of the molecule is CCNC(=O)c1cccc(NC(=O)CN2C(=O)NC(C)(c3ccc4c(c3)OCCCO4)C2=O)c1. The molecule has 1 saturated heterocycles. The van der Waals surface area contributed by atoms with Crippen LogP contribution in [0.2, 0.25) is 0 Å². The maximum atomic E-state index is 13.2. The van der Waals surface area contributed by atoms with E-state index >= 15 is 0 Å². The van der Waals surface area contributed by atoms with Gasteiger partial charge in [-0.05, 0) is 49.7 Å².